The van der Waals surface area contributed by atoms with E-state index in [1.807, 2.05) is 32.0 Å². The third-order valence-electron chi connectivity index (χ3n) is 3.36. The van der Waals surface area contributed by atoms with Gasteiger partial charge in [0.05, 0.1) is 10.6 Å². The predicted octanol–water partition coefficient (Wildman–Crippen LogP) is 3.07. The van der Waals surface area contributed by atoms with E-state index in [4.69, 9.17) is 5.73 Å². The number of nitrogens with one attached hydrogen (secondary N) is 1. The first-order valence-electron chi connectivity index (χ1n) is 6.90. The first kappa shape index (κ1) is 15.5. The number of aryl methyl sites for hydroxylation is 1. The lowest BCUT2D eigenvalue weighted by Gasteiger charge is -2.12. The topological polar surface area (TPSA) is 72.2 Å². The fourth-order valence-electron chi connectivity index (χ4n) is 2.08. The highest BCUT2D eigenvalue weighted by molar-refractivity contribution is 7.92. The van der Waals surface area contributed by atoms with Crippen LogP contribution in [0.3, 0.4) is 0 Å². The van der Waals surface area contributed by atoms with Gasteiger partial charge >= 0.3 is 0 Å². The van der Waals surface area contributed by atoms with Gasteiger partial charge in [-0.15, -0.1) is 0 Å². The summed E-state index contributed by atoms with van der Waals surface area (Å²) >= 11 is 0. The molecule has 0 spiro atoms. The van der Waals surface area contributed by atoms with Crippen molar-refractivity contribution in [2.75, 3.05) is 4.72 Å². The molecule has 0 saturated heterocycles. The van der Waals surface area contributed by atoms with Crippen LogP contribution in [0, 0.1) is 0 Å². The van der Waals surface area contributed by atoms with Crippen molar-refractivity contribution in [2.24, 2.45) is 5.73 Å². The Hall–Kier alpha value is -1.85. The average Bonchev–Trinajstić information content (AvgIpc) is 2.47. The maximum Gasteiger partial charge on any atom is 0.261 e. The van der Waals surface area contributed by atoms with Crippen LogP contribution >= 0.6 is 0 Å². The summed E-state index contributed by atoms with van der Waals surface area (Å²) in [7, 11) is -3.58. The van der Waals surface area contributed by atoms with E-state index in [1.165, 1.54) is 0 Å². The minimum Gasteiger partial charge on any atom is -0.324 e. The molecule has 1 atom stereocenters. The van der Waals surface area contributed by atoms with Gasteiger partial charge in [-0.1, -0.05) is 37.3 Å². The molecule has 0 aromatic heterocycles. The molecule has 0 aliphatic heterocycles. The quantitative estimate of drug-likeness (QED) is 0.891. The number of benzene rings is 2. The summed E-state index contributed by atoms with van der Waals surface area (Å²) in [6.45, 7) is 3.85. The molecule has 0 radical (unpaired) electrons. The van der Waals surface area contributed by atoms with Gasteiger partial charge in [-0.25, -0.2) is 8.42 Å². The van der Waals surface area contributed by atoms with Crippen LogP contribution in [-0.4, -0.2) is 8.42 Å². The van der Waals surface area contributed by atoms with E-state index in [0.29, 0.717) is 5.69 Å². The van der Waals surface area contributed by atoms with Crippen LogP contribution in [0.5, 0.6) is 0 Å². The van der Waals surface area contributed by atoms with Crippen molar-refractivity contribution < 1.29 is 8.42 Å². The highest BCUT2D eigenvalue weighted by atomic mass is 32.2. The van der Waals surface area contributed by atoms with Crippen molar-refractivity contribution in [3.8, 4) is 0 Å². The summed E-state index contributed by atoms with van der Waals surface area (Å²) in [5, 5.41) is 0. The molecule has 2 aromatic carbocycles. The molecule has 0 aliphatic rings. The molecule has 0 aliphatic carbocycles. The molecular formula is C16H20N2O2S. The van der Waals surface area contributed by atoms with Gasteiger partial charge < -0.3 is 5.73 Å². The van der Waals surface area contributed by atoms with Gasteiger partial charge in [-0.05, 0) is 42.7 Å². The van der Waals surface area contributed by atoms with Gasteiger partial charge in [0.1, 0.15) is 0 Å². The maximum atomic E-state index is 12.4. The van der Waals surface area contributed by atoms with E-state index in [-0.39, 0.29) is 10.9 Å². The molecule has 112 valence electrons. The molecule has 0 amide bonds. The number of para-hydroxylation sites is 1. The number of hydrogen-bond acceptors (Lipinski definition) is 3. The summed E-state index contributed by atoms with van der Waals surface area (Å²) in [5.41, 5.74) is 8.26. The van der Waals surface area contributed by atoms with E-state index in [1.54, 1.807) is 30.3 Å². The van der Waals surface area contributed by atoms with E-state index in [0.717, 1.165) is 17.5 Å². The normalized spacial score (nSPS) is 12.9. The summed E-state index contributed by atoms with van der Waals surface area (Å²) < 4.78 is 27.5. The van der Waals surface area contributed by atoms with Crippen molar-refractivity contribution in [2.45, 2.75) is 31.2 Å². The second-order valence-electron chi connectivity index (χ2n) is 4.97. The van der Waals surface area contributed by atoms with Gasteiger partial charge in [-0.3, -0.25) is 4.72 Å². The lowest BCUT2D eigenvalue weighted by molar-refractivity contribution is 0.601. The Morgan fingerprint density at radius 2 is 1.71 bits per heavy atom. The Balaban J connectivity index is 2.30. The molecule has 4 nitrogen and oxygen atoms in total. The summed E-state index contributed by atoms with van der Waals surface area (Å²) in [4.78, 5) is 0.234. The Bertz CT molecular complexity index is 707. The zero-order valence-corrected chi connectivity index (χ0v) is 13.0. The van der Waals surface area contributed by atoms with E-state index < -0.39 is 10.0 Å². The van der Waals surface area contributed by atoms with Crippen molar-refractivity contribution in [3.63, 3.8) is 0 Å². The second kappa shape index (κ2) is 6.28. The van der Waals surface area contributed by atoms with Crippen LogP contribution in [0.25, 0.3) is 0 Å². The summed E-state index contributed by atoms with van der Waals surface area (Å²) in [6, 6.07) is 13.9. The SMILES string of the molecule is CCc1ccccc1NS(=O)(=O)c1ccc(C(C)N)cc1. The third kappa shape index (κ3) is 3.62. The number of anilines is 1. The van der Waals surface area contributed by atoms with Gasteiger partial charge in [0.25, 0.3) is 10.0 Å². The van der Waals surface area contributed by atoms with Gasteiger partial charge in [0.2, 0.25) is 0 Å². The first-order chi connectivity index (χ1) is 9.94. The molecule has 1 unspecified atom stereocenters. The Kier molecular flexibility index (Phi) is 4.65. The molecule has 0 bridgehead atoms. The molecule has 0 heterocycles. The predicted molar refractivity (Wildman–Crippen MR) is 85.7 cm³/mol. The Morgan fingerprint density at radius 3 is 2.29 bits per heavy atom. The van der Waals surface area contributed by atoms with Gasteiger partial charge in [0.15, 0.2) is 0 Å². The van der Waals surface area contributed by atoms with E-state index >= 15 is 0 Å². The van der Waals surface area contributed by atoms with Gasteiger partial charge in [-0.2, -0.15) is 0 Å². The third-order valence-corrected chi connectivity index (χ3v) is 4.74. The summed E-state index contributed by atoms with van der Waals surface area (Å²) in [5.74, 6) is 0. The monoisotopic (exact) mass is 304 g/mol. The van der Waals surface area contributed by atoms with Crippen molar-refractivity contribution in [1.29, 1.82) is 0 Å². The molecule has 5 heteroatoms. The molecular weight excluding hydrogens is 284 g/mol. The first-order valence-corrected chi connectivity index (χ1v) is 8.38. The molecule has 2 aromatic rings. The molecule has 0 fully saturated rings. The smallest absolute Gasteiger partial charge is 0.261 e. The Morgan fingerprint density at radius 1 is 1.10 bits per heavy atom. The minimum atomic E-state index is -3.58. The highest BCUT2D eigenvalue weighted by Crippen LogP contribution is 2.21. The molecule has 3 N–H and O–H groups in total. The molecule has 0 saturated carbocycles. The zero-order chi connectivity index (χ0) is 15.5. The fraction of sp³-hybridized carbons (Fsp3) is 0.250. The van der Waals surface area contributed by atoms with Crippen LogP contribution in [0.15, 0.2) is 53.4 Å². The highest BCUT2D eigenvalue weighted by Gasteiger charge is 2.15. The minimum absolute atomic E-state index is 0.115. The fourth-order valence-corrected chi connectivity index (χ4v) is 3.18. The van der Waals surface area contributed by atoms with E-state index in [2.05, 4.69) is 4.72 Å². The van der Waals surface area contributed by atoms with Crippen molar-refractivity contribution >= 4 is 15.7 Å². The molecule has 21 heavy (non-hydrogen) atoms. The number of hydrogen-bond donors (Lipinski definition) is 2. The lowest BCUT2D eigenvalue weighted by Crippen LogP contribution is -2.14. The van der Waals surface area contributed by atoms with Crippen LogP contribution in [0.4, 0.5) is 5.69 Å². The van der Waals surface area contributed by atoms with E-state index in [9.17, 15) is 8.42 Å². The van der Waals surface area contributed by atoms with Crippen molar-refractivity contribution in [3.05, 3.63) is 59.7 Å². The Labute approximate surface area is 126 Å². The van der Waals surface area contributed by atoms with Crippen LogP contribution < -0.4 is 10.5 Å². The van der Waals surface area contributed by atoms with Crippen LogP contribution in [-0.2, 0) is 16.4 Å². The molecule has 2 rings (SSSR count). The second-order valence-corrected chi connectivity index (χ2v) is 6.66. The van der Waals surface area contributed by atoms with Crippen LogP contribution in [0.1, 0.15) is 31.0 Å². The standard InChI is InChI=1S/C16H20N2O2S/c1-3-13-6-4-5-7-16(13)18-21(19,20)15-10-8-14(9-11-15)12(2)17/h4-12,18H,3,17H2,1-2H3. The number of sulfonamides is 1. The van der Waals surface area contributed by atoms with Gasteiger partial charge in [0, 0.05) is 6.04 Å². The zero-order valence-electron chi connectivity index (χ0n) is 12.2. The van der Waals surface area contributed by atoms with Crippen LogP contribution in [0.2, 0.25) is 0 Å². The largest absolute Gasteiger partial charge is 0.324 e. The number of rotatable bonds is 5. The maximum absolute atomic E-state index is 12.4. The average molecular weight is 304 g/mol. The van der Waals surface area contributed by atoms with Crippen molar-refractivity contribution in [1.82, 2.24) is 0 Å². The summed E-state index contributed by atoms with van der Waals surface area (Å²) in [6.07, 6.45) is 0.766. The lowest BCUT2D eigenvalue weighted by atomic mass is 10.1. The number of nitrogens with two attached hydrogens (primary N) is 1.